The molecule has 3 aromatic rings. The van der Waals surface area contributed by atoms with Crippen molar-refractivity contribution >= 4 is 45.6 Å². The van der Waals surface area contributed by atoms with Crippen molar-refractivity contribution in [1.82, 2.24) is 9.80 Å². The predicted octanol–water partition coefficient (Wildman–Crippen LogP) is 4.27. The standard InChI is InChI=1S/C22H22ClN3O2S/c1-15-12-21(27)28-20-13-17(6-7-18(15)20)24-22(29)26-10-8-25(9-11-26)14-16-4-2-3-5-19(16)23/h2-7,12-13H,8-11,14H2,1H3,(H,24,29). The zero-order valence-corrected chi connectivity index (χ0v) is 17.7. The lowest BCUT2D eigenvalue weighted by Crippen LogP contribution is -2.49. The van der Waals surface area contributed by atoms with Crippen LogP contribution in [0.2, 0.25) is 5.02 Å². The molecule has 0 aliphatic carbocycles. The molecule has 7 heteroatoms. The van der Waals surface area contributed by atoms with Gasteiger partial charge >= 0.3 is 5.63 Å². The molecule has 1 N–H and O–H groups in total. The van der Waals surface area contributed by atoms with Crippen molar-refractivity contribution in [1.29, 1.82) is 0 Å². The molecule has 1 aliphatic rings. The first kappa shape index (κ1) is 19.9. The van der Waals surface area contributed by atoms with Gasteiger partial charge in [-0.2, -0.15) is 0 Å². The normalized spacial score (nSPS) is 14.9. The van der Waals surface area contributed by atoms with Crippen molar-refractivity contribution < 1.29 is 4.42 Å². The van der Waals surface area contributed by atoms with Crippen molar-refractivity contribution in [3.8, 4) is 0 Å². The van der Waals surface area contributed by atoms with E-state index in [0.29, 0.717) is 10.7 Å². The van der Waals surface area contributed by atoms with Gasteiger partial charge in [0.2, 0.25) is 0 Å². The second-order valence-corrected chi connectivity index (χ2v) is 8.04. The van der Waals surface area contributed by atoms with Gasteiger partial charge in [0.25, 0.3) is 0 Å². The summed E-state index contributed by atoms with van der Waals surface area (Å²) in [5, 5.41) is 5.69. The van der Waals surface area contributed by atoms with Crippen LogP contribution in [0.15, 0.2) is 57.7 Å². The summed E-state index contributed by atoms with van der Waals surface area (Å²) < 4.78 is 5.32. The summed E-state index contributed by atoms with van der Waals surface area (Å²) in [5.41, 5.74) is 3.09. The summed E-state index contributed by atoms with van der Waals surface area (Å²) in [4.78, 5) is 16.2. The van der Waals surface area contributed by atoms with E-state index in [2.05, 4.69) is 21.2 Å². The van der Waals surface area contributed by atoms with E-state index in [1.54, 1.807) is 0 Å². The van der Waals surface area contributed by atoms with E-state index in [-0.39, 0.29) is 5.63 Å². The van der Waals surface area contributed by atoms with Gasteiger partial charge in [-0.3, -0.25) is 4.90 Å². The van der Waals surface area contributed by atoms with Gasteiger partial charge in [0.15, 0.2) is 5.11 Å². The molecule has 1 aliphatic heterocycles. The monoisotopic (exact) mass is 427 g/mol. The average molecular weight is 428 g/mol. The molecule has 2 aromatic carbocycles. The zero-order valence-electron chi connectivity index (χ0n) is 16.2. The van der Waals surface area contributed by atoms with Gasteiger partial charge in [-0.25, -0.2) is 4.79 Å². The molecule has 4 rings (SSSR count). The highest BCUT2D eigenvalue weighted by Gasteiger charge is 2.19. The Kier molecular flexibility index (Phi) is 5.85. The number of nitrogens with one attached hydrogen (secondary N) is 1. The third-order valence-corrected chi connectivity index (χ3v) is 5.94. The molecule has 0 unspecified atom stereocenters. The van der Waals surface area contributed by atoms with Crippen molar-refractivity contribution in [2.45, 2.75) is 13.5 Å². The molecule has 1 aromatic heterocycles. The van der Waals surface area contributed by atoms with Crippen LogP contribution in [0.3, 0.4) is 0 Å². The lowest BCUT2D eigenvalue weighted by atomic mass is 10.1. The number of halogens is 1. The number of benzene rings is 2. The van der Waals surface area contributed by atoms with Crippen molar-refractivity contribution in [3.05, 3.63) is 75.1 Å². The number of anilines is 1. The Morgan fingerprint density at radius 2 is 1.90 bits per heavy atom. The van der Waals surface area contributed by atoms with Crippen LogP contribution in [0.25, 0.3) is 11.0 Å². The van der Waals surface area contributed by atoms with Crippen LogP contribution in [-0.4, -0.2) is 41.1 Å². The number of hydrogen-bond acceptors (Lipinski definition) is 4. The Morgan fingerprint density at radius 3 is 2.66 bits per heavy atom. The van der Waals surface area contributed by atoms with Crippen LogP contribution in [0.4, 0.5) is 5.69 Å². The van der Waals surface area contributed by atoms with Gasteiger partial charge < -0.3 is 14.6 Å². The topological polar surface area (TPSA) is 48.7 Å². The predicted molar refractivity (Wildman–Crippen MR) is 122 cm³/mol. The van der Waals surface area contributed by atoms with Gasteiger partial charge in [-0.15, -0.1) is 0 Å². The smallest absolute Gasteiger partial charge is 0.336 e. The largest absolute Gasteiger partial charge is 0.423 e. The van der Waals surface area contributed by atoms with E-state index in [1.165, 1.54) is 6.07 Å². The van der Waals surface area contributed by atoms with Gasteiger partial charge in [0.05, 0.1) is 0 Å². The minimum Gasteiger partial charge on any atom is -0.423 e. The van der Waals surface area contributed by atoms with Crippen LogP contribution in [-0.2, 0) is 6.54 Å². The zero-order chi connectivity index (χ0) is 20.4. The van der Waals surface area contributed by atoms with Crippen LogP contribution in [0.5, 0.6) is 0 Å². The van der Waals surface area contributed by atoms with E-state index in [1.807, 2.05) is 43.3 Å². The summed E-state index contributed by atoms with van der Waals surface area (Å²) >= 11 is 11.9. The Bertz CT molecular complexity index is 1110. The molecule has 5 nitrogen and oxygen atoms in total. The van der Waals surface area contributed by atoms with Crippen LogP contribution < -0.4 is 10.9 Å². The van der Waals surface area contributed by atoms with Crippen molar-refractivity contribution in [2.24, 2.45) is 0 Å². The Labute approximate surface area is 179 Å². The highest BCUT2D eigenvalue weighted by molar-refractivity contribution is 7.80. The fourth-order valence-corrected chi connectivity index (χ4v) is 4.08. The molecule has 2 heterocycles. The van der Waals surface area contributed by atoms with Crippen molar-refractivity contribution in [2.75, 3.05) is 31.5 Å². The summed E-state index contributed by atoms with van der Waals surface area (Å²) in [5.74, 6) is 0. The van der Waals surface area contributed by atoms with Crippen LogP contribution in [0, 0.1) is 6.92 Å². The summed E-state index contributed by atoms with van der Waals surface area (Å²) in [6.45, 7) is 6.27. The SMILES string of the molecule is Cc1cc(=O)oc2cc(NC(=S)N3CCN(Cc4ccccc4Cl)CC3)ccc12. The first-order valence-corrected chi connectivity index (χ1v) is 10.3. The average Bonchev–Trinajstić information content (AvgIpc) is 2.70. The third-order valence-electron chi connectivity index (χ3n) is 5.21. The highest BCUT2D eigenvalue weighted by atomic mass is 35.5. The molecule has 0 radical (unpaired) electrons. The lowest BCUT2D eigenvalue weighted by Gasteiger charge is -2.36. The minimum absolute atomic E-state index is 0.343. The quantitative estimate of drug-likeness (QED) is 0.497. The molecule has 1 saturated heterocycles. The molecule has 150 valence electrons. The summed E-state index contributed by atoms with van der Waals surface area (Å²) in [7, 11) is 0. The fraction of sp³-hybridized carbons (Fsp3) is 0.273. The van der Waals surface area contributed by atoms with E-state index >= 15 is 0 Å². The molecule has 0 bridgehead atoms. The summed E-state index contributed by atoms with van der Waals surface area (Å²) in [6, 6.07) is 15.2. The maximum atomic E-state index is 11.6. The van der Waals surface area contributed by atoms with Gasteiger partial charge in [0.1, 0.15) is 5.58 Å². The fourth-order valence-electron chi connectivity index (χ4n) is 3.58. The first-order chi connectivity index (χ1) is 14.0. The van der Waals surface area contributed by atoms with Gasteiger partial charge in [0, 0.05) is 61.0 Å². The van der Waals surface area contributed by atoms with Gasteiger partial charge in [-0.1, -0.05) is 29.8 Å². The lowest BCUT2D eigenvalue weighted by molar-refractivity contribution is 0.177. The van der Waals surface area contributed by atoms with E-state index < -0.39 is 0 Å². The van der Waals surface area contributed by atoms with E-state index in [0.717, 1.165) is 59.9 Å². The molecule has 0 saturated carbocycles. The van der Waals surface area contributed by atoms with Crippen LogP contribution in [0.1, 0.15) is 11.1 Å². The first-order valence-electron chi connectivity index (χ1n) is 9.56. The number of rotatable bonds is 3. The molecule has 29 heavy (non-hydrogen) atoms. The highest BCUT2D eigenvalue weighted by Crippen LogP contribution is 2.22. The molecular formula is C22H22ClN3O2S. The number of piperazine rings is 1. The molecule has 0 spiro atoms. The molecule has 1 fully saturated rings. The van der Waals surface area contributed by atoms with E-state index in [9.17, 15) is 4.79 Å². The second kappa shape index (κ2) is 8.53. The van der Waals surface area contributed by atoms with E-state index in [4.69, 9.17) is 28.2 Å². The van der Waals surface area contributed by atoms with Gasteiger partial charge in [-0.05, 0) is 48.5 Å². The number of aryl methyl sites for hydroxylation is 1. The maximum Gasteiger partial charge on any atom is 0.336 e. The molecule has 0 atom stereocenters. The Morgan fingerprint density at radius 1 is 1.14 bits per heavy atom. The number of fused-ring (bicyclic) bond motifs is 1. The Balaban J connectivity index is 1.37. The second-order valence-electron chi connectivity index (χ2n) is 7.24. The minimum atomic E-state index is -0.343. The molecule has 0 amide bonds. The third kappa shape index (κ3) is 4.61. The maximum absolute atomic E-state index is 11.6. The molecular weight excluding hydrogens is 406 g/mol. The number of hydrogen-bond donors (Lipinski definition) is 1. The Hall–Kier alpha value is -2.41. The number of thiocarbonyl (C=S) groups is 1. The van der Waals surface area contributed by atoms with Crippen LogP contribution >= 0.6 is 23.8 Å². The van der Waals surface area contributed by atoms with Crippen molar-refractivity contribution in [3.63, 3.8) is 0 Å². The number of nitrogens with zero attached hydrogens (tertiary/aromatic N) is 2. The summed E-state index contributed by atoms with van der Waals surface area (Å²) in [6.07, 6.45) is 0.